The number of hydrogen-bond donors (Lipinski definition) is 2. The van der Waals surface area contributed by atoms with E-state index in [9.17, 15) is 0 Å². The molecule has 0 amide bonds. The second-order valence-corrected chi connectivity index (χ2v) is 3.25. The summed E-state index contributed by atoms with van der Waals surface area (Å²) < 4.78 is 36.7. The van der Waals surface area contributed by atoms with Gasteiger partial charge in [0.1, 0.15) is 0 Å². The van der Waals surface area contributed by atoms with E-state index in [1.165, 1.54) is 0 Å². The molecule has 2 N–H and O–H groups in total. The van der Waals surface area contributed by atoms with Crippen molar-refractivity contribution in [3.05, 3.63) is 12.7 Å². The average molecular weight is 196 g/mol. The minimum absolute atomic E-state index is 0.498. The fourth-order valence-corrected chi connectivity index (χ4v) is 0.642. The highest BCUT2D eigenvalue weighted by Crippen LogP contribution is 2.23. The van der Waals surface area contributed by atoms with E-state index in [-0.39, 0.29) is 0 Å². The van der Waals surface area contributed by atoms with Crippen LogP contribution in [0.25, 0.3) is 0 Å². The van der Waals surface area contributed by atoms with E-state index in [1.807, 2.05) is 6.08 Å². The van der Waals surface area contributed by atoms with E-state index in [0.29, 0.717) is 12.2 Å². The minimum atomic E-state index is -4.67. The fourth-order valence-electron chi connectivity index (χ4n) is 0.642. The predicted octanol–water partition coefficient (Wildman–Crippen LogP) is 0.697. The van der Waals surface area contributed by atoms with Gasteiger partial charge in [0.2, 0.25) is 0 Å². The van der Waals surface area contributed by atoms with Crippen molar-refractivity contribution in [1.82, 2.24) is 0 Å². The molecule has 0 aromatic carbocycles. The molecule has 1 rings (SSSR count). The van der Waals surface area contributed by atoms with Crippen molar-refractivity contribution in [3.63, 3.8) is 0 Å². The van der Waals surface area contributed by atoms with Crippen molar-refractivity contribution in [2.75, 3.05) is 0 Å². The fraction of sp³-hybridized carbons (Fsp3) is 0.667. The van der Waals surface area contributed by atoms with Crippen LogP contribution in [0.4, 0.5) is 0 Å². The molecule has 2 atom stereocenters. The molecule has 1 fully saturated rings. The Labute approximate surface area is 71.6 Å². The first kappa shape index (κ1) is 11.6. The van der Waals surface area contributed by atoms with Gasteiger partial charge in [0, 0.05) is 0 Å². The SMILES string of the molecule is C=CCC1OC1C.O=S(=O)(O)O. The Hall–Kier alpha value is -0.430. The highest BCUT2D eigenvalue weighted by Gasteiger charge is 2.31. The van der Waals surface area contributed by atoms with Gasteiger partial charge in [-0.15, -0.1) is 6.58 Å². The molecule has 1 aliphatic rings. The number of ether oxygens (including phenoxy) is 1. The first-order chi connectivity index (χ1) is 5.34. The molecule has 1 aliphatic heterocycles. The van der Waals surface area contributed by atoms with Crippen LogP contribution in [0.15, 0.2) is 12.7 Å². The molecule has 6 heteroatoms. The maximum Gasteiger partial charge on any atom is 0.394 e. The molecule has 12 heavy (non-hydrogen) atoms. The van der Waals surface area contributed by atoms with Crippen molar-refractivity contribution < 1.29 is 22.3 Å². The molecule has 0 aromatic rings. The third kappa shape index (κ3) is 9.57. The van der Waals surface area contributed by atoms with Crippen LogP contribution >= 0.6 is 0 Å². The Bertz CT molecular complexity index is 224. The number of epoxide rings is 1. The lowest BCUT2D eigenvalue weighted by Crippen LogP contribution is -1.89. The van der Waals surface area contributed by atoms with Crippen molar-refractivity contribution in [2.45, 2.75) is 25.6 Å². The van der Waals surface area contributed by atoms with Crippen LogP contribution in [0.3, 0.4) is 0 Å². The van der Waals surface area contributed by atoms with Crippen molar-refractivity contribution in [1.29, 1.82) is 0 Å². The van der Waals surface area contributed by atoms with Gasteiger partial charge in [0.05, 0.1) is 12.2 Å². The van der Waals surface area contributed by atoms with E-state index >= 15 is 0 Å². The quantitative estimate of drug-likeness (QED) is 0.385. The van der Waals surface area contributed by atoms with Crippen molar-refractivity contribution >= 4 is 10.4 Å². The highest BCUT2D eigenvalue weighted by atomic mass is 32.3. The Kier molecular flexibility index (Phi) is 4.40. The summed E-state index contributed by atoms with van der Waals surface area (Å²) in [5.74, 6) is 0. The van der Waals surface area contributed by atoms with E-state index in [1.54, 1.807) is 0 Å². The smallest absolute Gasteiger partial charge is 0.370 e. The zero-order chi connectivity index (χ0) is 9.78. The first-order valence-corrected chi connectivity index (χ1v) is 4.70. The van der Waals surface area contributed by atoms with Gasteiger partial charge in [-0.3, -0.25) is 9.11 Å². The van der Waals surface area contributed by atoms with Gasteiger partial charge in [0.25, 0.3) is 0 Å². The number of hydrogen-bond acceptors (Lipinski definition) is 3. The lowest BCUT2D eigenvalue weighted by atomic mass is 10.2. The van der Waals surface area contributed by atoms with Gasteiger partial charge in [-0.05, 0) is 13.3 Å². The Morgan fingerprint density at radius 1 is 1.58 bits per heavy atom. The maximum absolute atomic E-state index is 8.74. The molecule has 72 valence electrons. The lowest BCUT2D eigenvalue weighted by molar-refractivity contribution is 0.379. The van der Waals surface area contributed by atoms with E-state index in [2.05, 4.69) is 13.5 Å². The molecule has 2 unspecified atom stereocenters. The van der Waals surface area contributed by atoms with Crippen LogP contribution < -0.4 is 0 Å². The predicted molar refractivity (Wildman–Crippen MR) is 43.3 cm³/mol. The molecule has 0 aliphatic carbocycles. The molecular formula is C6H12O5S. The molecule has 0 spiro atoms. The van der Waals surface area contributed by atoms with E-state index in [0.717, 1.165) is 6.42 Å². The van der Waals surface area contributed by atoms with Gasteiger partial charge < -0.3 is 4.74 Å². The Balaban J connectivity index is 0.000000217. The standard InChI is InChI=1S/C6H10O.H2O4S/c1-3-4-6-5(2)7-6;1-5(2,3)4/h3,5-6H,1,4H2,2H3;(H2,1,2,3,4). The molecule has 5 nitrogen and oxygen atoms in total. The van der Waals surface area contributed by atoms with Gasteiger partial charge in [-0.2, -0.15) is 8.42 Å². The topological polar surface area (TPSA) is 87.1 Å². The first-order valence-electron chi connectivity index (χ1n) is 3.31. The zero-order valence-corrected chi connectivity index (χ0v) is 7.49. The molecule has 0 radical (unpaired) electrons. The Morgan fingerprint density at radius 3 is 2.00 bits per heavy atom. The van der Waals surface area contributed by atoms with Crippen molar-refractivity contribution in [2.24, 2.45) is 0 Å². The van der Waals surface area contributed by atoms with Crippen LogP contribution in [0, 0.1) is 0 Å². The summed E-state index contributed by atoms with van der Waals surface area (Å²) >= 11 is 0. The normalized spacial score (nSPS) is 26.9. The molecule has 0 bridgehead atoms. The second kappa shape index (κ2) is 4.56. The molecule has 1 saturated heterocycles. The van der Waals surface area contributed by atoms with Crippen molar-refractivity contribution in [3.8, 4) is 0 Å². The third-order valence-corrected chi connectivity index (χ3v) is 1.24. The summed E-state index contributed by atoms with van der Waals surface area (Å²) in [5, 5.41) is 0. The third-order valence-electron chi connectivity index (χ3n) is 1.24. The van der Waals surface area contributed by atoms with Gasteiger partial charge in [-0.25, -0.2) is 0 Å². The summed E-state index contributed by atoms with van der Waals surface area (Å²) in [6.45, 7) is 5.67. The van der Waals surface area contributed by atoms with Crippen LogP contribution in [0.2, 0.25) is 0 Å². The molecule has 1 heterocycles. The largest absolute Gasteiger partial charge is 0.394 e. The van der Waals surface area contributed by atoms with Gasteiger partial charge >= 0.3 is 10.4 Å². The molecule has 0 saturated carbocycles. The Morgan fingerprint density at radius 2 is 1.92 bits per heavy atom. The summed E-state index contributed by atoms with van der Waals surface area (Å²) in [6.07, 6.45) is 3.91. The monoisotopic (exact) mass is 196 g/mol. The number of rotatable bonds is 2. The molecular weight excluding hydrogens is 184 g/mol. The second-order valence-electron chi connectivity index (χ2n) is 2.35. The van der Waals surface area contributed by atoms with Crippen LogP contribution in [-0.4, -0.2) is 29.7 Å². The van der Waals surface area contributed by atoms with Crippen LogP contribution in [0.5, 0.6) is 0 Å². The summed E-state index contributed by atoms with van der Waals surface area (Å²) in [6, 6.07) is 0. The maximum atomic E-state index is 8.74. The van der Waals surface area contributed by atoms with Gasteiger partial charge in [0.15, 0.2) is 0 Å². The van der Waals surface area contributed by atoms with Gasteiger partial charge in [-0.1, -0.05) is 6.08 Å². The summed E-state index contributed by atoms with van der Waals surface area (Å²) in [5.41, 5.74) is 0. The van der Waals surface area contributed by atoms with Crippen LogP contribution in [0.1, 0.15) is 13.3 Å². The highest BCUT2D eigenvalue weighted by molar-refractivity contribution is 7.79. The zero-order valence-electron chi connectivity index (χ0n) is 6.67. The minimum Gasteiger partial charge on any atom is -0.370 e. The lowest BCUT2D eigenvalue weighted by Gasteiger charge is -1.76. The van der Waals surface area contributed by atoms with Crippen LogP contribution in [-0.2, 0) is 15.1 Å². The molecule has 0 aromatic heterocycles. The average Bonchev–Trinajstić information content (AvgIpc) is 2.43. The van der Waals surface area contributed by atoms with E-state index < -0.39 is 10.4 Å². The van der Waals surface area contributed by atoms with E-state index in [4.69, 9.17) is 22.3 Å². The summed E-state index contributed by atoms with van der Waals surface area (Å²) in [4.78, 5) is 0. The summed E-state index contributed by atoms with van der Waals surface area (Å²) in [7, 11) is -4.67.